The zero-order chi connectivity index (χ0) is 58.8. The summed E-state index contributed by atoms with van der Waals surface area (Å²) >= 11 is 0. The van der Waals surface area contributed by atoms with Crippen LogP contribution in [0, 0.1) is 23.7 Å². The minimum atomic E-state index is -0.0284. The van der Waals surface area contributed by atoms with Crippen LogP contribution in [0.3, 0.4) is 0 Å². The lowest BCUT2D eigenvalue weighted by Gasteiger charge is -2.24. The second-order valence-electron chi connectivity index (χ2n) is 24.4. The van der Waals surface area contributed by atoms with Crippen molar-refractivity contribution in [3.8, 4) is 0 Å². The largest absolute Gasteiger partial charge is 0.381 e. The normalized spacial score (nSPS) is 21.5. The summed E-state index contributed by atoms with van der Waals surface area (Å²) in [5, 5.41) is 39.8. The Hall–Kier alpha value is -8.57. The number of nitrogens with zero attached hydrogens (tertiary/aromatic N) is 10. The van der Waals surface area contributed by atoms with E-state index in [0.717, 1.165) is 181 Å². The summed E-state index contributed by atoms with van der Waals surface area (Å²) in [5.74, 6) is 8.40. The summed E-state index contributed by atoms with van der Waals surface area (Å²) in [6.07, 6.45) is 25.6. The number of fused-ring (bicyclic) bond motifs is 3. The SMILES string of the molecule is C.C=C1NC(=O)C/C1=C\c1cnn2c(NCC3CC3)cc(N3CCCOCC3)nc12.C=C1NC(=O)C/C1=C\c1cnn2c(NCC3CC3)cc(NC3CCOCC3)nc12.C=C1NC(=O)C/C1=C\c1cnn2c(NCC3CC3)cc(N[C@@H](C)C3CC3)nc12. The lowest BCUT2D eigenvalue weighted by atomic mass is 10.1. The maximum atomic E-state index is 11.7. The molecule has 87 heavy (non-hydrogen) atoms. The summed E-state index contributed by atoms with van der Waals surface area (Å²) in [6, 6.07) is 6.94. The van der Waals surface area contributed by atoms with Gasteiger partial charge in [0.1, 0.15) is 34.9 Å². The molecule has 9 fully saturated rings. The van der Waals surface area contributed by atoms with Crippen LogP contribution in [0.2, 0.25) is 0 Å². The molecule has 1 atom stereocenters. The minimum absolute atomic E-state index is 0. The van der Waals surface area contributed by atoms with Crippen LogP contribution in [0.5, 0.6) is 0 Å². The molecule has 0 radical (unpaired) electrons. The zero-order valence-electron chi connectivity index (χ0n) is 49.1. The monoisotopic (exact) mass is 1180 g/mol. The quantitative estimate of drug-likeness (QED) is 0.0401. The Morgan fingerprint density at radius 1 is 0.563 bits per heavy atom. The highest BCUT2D eigenvalue weighted by molar-refractivity contribution is 5.91. The van der Waals surface area contributed by atoms with E-state index in [1.54, 1.807) is 6.20 Å². The highest BCUT2D eigenvalue weighted by Crippen LogP contribution is 2.36. The molecular weight excluding hydrogens is 1100 g/mol. The Labute approximate surface area is 507 Å². The molecule has 458 valence electrons. The van der Waals surface area contributed by atoms with Gasteiger partial charge in [0.05, 0.1) is 44.5 Å². The van der Waals surface area contributed by atoms with Crippen LogP contribution in [-0.2, 0) is 23.9 Å². The molecule has 0 aromatic carbocycles. The molecule has 6 aromatic rings. The third-order valence-electron chi connectivity index (χ3n) is 17.2. The van der Waals surface area contributed by atoms with Gasteiger partial charge in [0.2, 0.25) is 17.7 Å². The molecule has 3 amide bonds. The number of allylic oxidation sites excluding steroid dienone is 3. The third kappa shape index (κ3) is 14.5. The van der Waals surface area contributed by atoms with E-state index >= 15 is 0 Å². The molecule has 8 N–H and O–H groups in total. The van der Waals surface area contributed by atoms with E-state index in [2.05, 4.69) is 102 Å². The van der Waals surface area contributed by atoms with Gasteiger partial charge in [-0.15, -0.1) is 0 Å². The number of nitrogens with one attached hydrogen (secondary N) is 8. The molecule has 4 aliphatic carbocycles. The molecule has 23 heteroatoms. The van der Waals surface area contributed by atoms with Crippen molar-refractivity contribution >= 4 is 87.8 Å². The summed E-state index contributed by atoms with van der Waals surface area (Å²) in [4.78, 5) is 51.9. The van der Waals surface area contributed by atoms with E-state index in [4.69, 9.17) is 24.4 Å². The van der Waals surface area contributed by atoms with E-state index in [9.17, 15) is 14.4 Å². The van der Waals surface area contributed by atoms with E-state index in [1.165, 1.54) is 51.4 Å². The van der Waals surface area contributed by atoms with Crippen molar-refractivity contribution < 1.29 is 23.9 Å². The van der Waals surface area contributed by atoms with Crippen LogP contribution in [-0.4, -0.2) is 133 Å². The van der Waals surface area contributed by atoms with Gasteiger partial charge in [0.15, 0.2) is 16.9 Å². The van der Waals surface area contributed by atoms with Gasteiger partial charge in [-0.25, -0.2) is 15.0 Å². The van der Waals surface area contributed by atoms with Crippen molar-refractivity contribution in [2.24, 2.45) is 23.7 Å². The first-order chi connectivity index (χ1) is 41.9. The minimum Gasteiger partial charge on any atom is -0.381 e. The summed E-state index contributed by atoms with van der Waals surface area (Å²) < 4.78 is 16.6. The standard InChI is InChI=1S/2C21H26N6O2.C21H26N6O.CH4/c1-14-16(10-20(28)24-14)9-17-13-23-27-18(22-12-15-3-4-15)11-19(25-21(17)27)26-5-2-7-29-8-6-26;1-13-15(9-20(28)24-13)8-16-12-23-27-19(22-11-14-2-3-14)10-18(26-21(16)27)25-17-4-6-29-7-5-17;1-12(15-5-6-15)24-18-9-19(22-10-14-3-4-14)27-21(26-18)17(11-23-27)7-16-8-20(28)25-13(16)2;/h9,11,13,15,22H,1-8,10,12H2,(H,24,28);8,10,12,14,17,22H,1-7,9,11H2,(H,24,28)(H,25,26);7,9,11-12,14-15,22H,2-6,8,10H2,1H3,(H,24,26)(H,25,28);1H4/b16-9+;15-8+;16-7+;/t;;12-;/m..0./s1. The predicted octanol–water partition coefficient (Wildman–Crippen LogP) is 8.57. The van der Waals surface area contributed by atoms with Crippen LogP contribution in [0.25, 0.3) is 35.2 Å². The lowest BCUT2D eigenvalue weighted by molar-refractivity contribution is -0.119. The molecule has 4 saturated carbocycles. The highest BCUT2D eigenvalue weighted by atomic mass is 16.5. The molecule has 11 heterocycles. The number of aromatic nitrogens is 9. The van der Waals surface area contributed by atoms with Crippen LogP contribution in [0.15, 0.2) is 90.3 Å². The van der Waals surface area contributed by atoms with E-state index in [-0.39, 0.29) is 25.1 Å². The number of ether oxygens (including phenoxy) is 2. The molecule has 5 aliphatic heterocycles. The first-order valence-electron chi connectivity index (χ1n) is 30.8. The van der Waals surface area contributed by atoms with Crippen LogP contribution < -0.4 is 47.4 Å². The van der Waals surface area contributed by atoms with E-state index < -0.39 is 0 Å². The number of hydrogen-bond acceptors (Lipinski definition) is 17. The second kappa shape index (κ2) is 25.8. The molecule has 0 bridgehead atoms. The third-order valence-corrected chi connectivity index (χ3v) is 17.2. The van der Waals surface area contributed by atoms with Crippen molar-refractivity contribution in [1.29, 1.82) is 0 Å². The van der Waals surface area contributed by atoms with Gasteiger partial charge in [0.25, 0.3) is 0 Å². The van der Waals surface area contributed by atoms with Crippen molar-refractivity contribution in [1.82, 2.24) is 59.7 Å². The number of rotatable bonds is 18. The second-order valence-corrected chi connectivity index (χ2v) is 24.4. The van der Waals surface area contributed by atoms with Gasteiger partial charge < -0.3 is 56.9 Å². The first kappa shape index (κ1) is 58.8. The van der Waals surface area contributed by atoms with Gasteiger partial charge in [-0.2, -0.15) is 28.8 Å². The number of carbonyl (C=O) groups is 3. The molecule has 15 rings (SSSR count). The summed E-state index contributed by atoms with van der Waals surface area (Å²) in [6.45, 7) is 21.7. The Bertz CT molecular complexity index is 3710. The maximum Gasteiger partial charge on any atom is 0.228 e. The Kier molecular flexibility index (Phi) is 17.4. The molecule has 5 saturated heterocycles. The molecule has 0 unspecified atom stereocenters. The fourth-order valence-electron chi connectivity index (χ4n) is 11.3. The average Bonchev–Trinajstić information content (AvgIpc) is 2.20. The Balaban J connectivity index is 0.000000127. The summed E-state index contributed by atoms with van der Waals surface area (Å²) in [5.41, 5.74) is 9.60. The Morgan fingerprint density at radius 2 is 1.00 bits per heavy atom. The summed E-state index contributed by atoms with van der Waals surface area (Å²) in [7, 11) is 0. The predicted molar refractivity (Wildman–Crippen MR) is 340 cm³/mol. The zero-order valence-corrected chi connectivity index (χ0v) is 49.1. The molecular formula is C64H82N18O5. The van der Waals surface area contributed by atoms with Gasteiger partial charge >= 0.3 is 0 Å². The molecule has 23 nitrogen and oxygen atoms in total. The fourth-order valence-corrected chi connectivity index (χ4v) is 11.3. The van der Waals surface area contributed by atoms with Crippen LogP contribution in [0.4, 0.5) is 34.9 Å². The number of anilines is 6. The number of hydrogen-bond donors (Lipinski definition) is 8. The lowest BCUT2D eigenvalue weighted by Crippen LogP contribution is -2.28. The van der Waals surface area contributed by atoms with E-state index in [1.807, 2.05) is 50.2 Å². The smallest absolute Gasteiger partial charge is 0.228 e. The van der Waals surface area contributed by atoms with Crippen molar-refractivity contribution in [3.05, 3.63) is 107 Å². The van der Waals surface area contributed by atoms with Gasteiger partial charge in [-0.3, -0.25) is 14.4 Å². The fraction of sp³-hybridized carbons (Fsp3) is 0.484. The van der Waals surface area contributed by atoms with E-state index in [0.29, 0.717) is 55.0 Å². The molecule has 9 aliphatic rings. The van der Waals surface area contributed by atoms with Gasteiger partial charge in [0, 0.05) is 117 Å². The topological polar surface area (TPSA) is 260 Å². The van der Waals surface area contributed by atoms with Gasteiger partial charge in [-0.1, -0.05) is 27.2 Å². The van der Waals surface area contributed by atoms with Crippen LogP contribution >= 0.6 is 0 Å². The number of amides is 3. The maximum absolute atomic E-state index is 11.7. The highest BCUT2D eigenvalue weighted by Gasteiger charge is 2.30. The average molecular weight is 1180 g/mol. The van der Waals surface area contributed by atoms with Crippen molar-refractivity contribution in [3.63, 3.8) is 0 Å². The van der Waals surface area contributed by atoms with Gasteiger partial charge in [-0.05, 0) is 136 Å². The van der Waals surface area contributed by atoms with Crippen LogP contribution in [0.1, 0.15) is 121 Å². The molecule has 0 spiro atoms. The van der Waals surface area contributed by atoms with Crippen molar-refractivity contribution in [2.45, 2.75) is 116 Å². The van der Waals surface area contributed by atoms with Crippen molar-refractivity contribution in [2.75, 3.05) is 90.6 Å². The molecule has 6 aromatic heterocycles. The number of carbonyl (C=O) groups excluding carboxylic acids is 3. The first-order valence-corrected chi connectivity index (χ1v) is 30.8. The Morgan fingerprint density at radius 3 is 1.45 bits per heavy atom.